The molecule has 1 atom stereocenters. The first-order valence-corrected chi connectivity index (χ1v) is 5.87. The maximum atomic E-state index is 5.85. The lowest BCUT2D eigenvalue weighted by atomic mass is 9.87. The average Bonchev–Trinajstić information content (AvgIpc) is 2.15. The number of nitrogens with zero attached hydrogens (tertiary/aromatic N) is 1. The van der Waals surface area contributed by atoms with Crippen molar-refractivity contribution in [2.24, 2.45) is 11.1 Å². The Morgan fingerprint density at radius 3 is 2.27 bits per heavy atom. The van der Waals surface area contributed by atoms with Crippen molar-refractivity contribution in [2.75, 3.05) is 33.4 Å². The molecule has 92 valence electrons. The second kappa shape index (κ2) is 7.20. The highest BCUT2D eigenvalue weighted by Gasteiger charge is 2.22. The summed E-state index contributed by atoms with van der Waals surface area (Å²) >= 11 is 0. The van der Waals surface area contributed by atoms with Gasteiger partial charge in [-0.1, -0.05) is 27.7 Å². The van der Waals surface area contributed by atoms with Crippen molar-refractivity contribution < 1.29 is 4.74 Å². The van der Waals surface area contributed by atoms with Gasteiger partial charge < -0.3 is 10.5 Å². The Balaban J connectivity index is 4.20. The van der Waals surface area contributed by atoms with Crippen LogP contribution in [-0.4, -0.2) is 44.3 Å². The van der Waals surface area contributed by atoms with Gasteiger partial charge in [-0.25, -0.2) is 0 Å². The van der Waals surface area contributed by atoms with E-state index in [0.29, 0.717) is 11.5 Å². The van der Waals surface area contributed by atoms with E-state index in [1.807, 2.05) is 0 Å². The predicted molar refractivity (Wildman–Crippen MR) is 66.0 cm³/mol. The fraction of sp³-hybridized carbons (Fsp3) is 1.00. The minimum Gasteiger partial charge on any atom is -0.383 e. The summed E-state index contributed by atoms with van der Waals surface area (Å²) in [6, 6.07) is 0.477. The molecule has 15 heavy (non-hydrogen) atoms. The van der Waals surface area contributed by atoms with Gasteiger partial charge in [-0.05, 0) is 18.4 Å². The number of ether oxygens (including phenoxy) is 1. The number of hydrogen-bond acceptors (Lipinski definition) is 3. The van der Waals surface area contributed by atoms with Crippen molar-refractivity contribution in [2.45, 2.75) is 40.2 Å². The topological polar surface area (TPSA) is 38.5 Å². The number of hydrogen-bond donors (Lipinski definition) is 1. The summed E-state index contributed by atoms with van der Waals surface area (Å²) in [5.41, 5.74) is 6.18. The van der Waals surface area contributed by atoms with E-state index >= 15 is 0 Å². The molecule has 0 aromatic rings. The first kappa shape index (κ1) is 14.9. The van der Waals surface area contributed by atoms with Crippen LogP contribution < -0.4 is 5.73 Å². The van der Waals surface area contributed by atoms with Gasteiger partial charge in [0.05, 0.1) is 6.61 Å². The van der Waals surface area contributed by atoms with Crippen molar-refractivity contribution in [1.29, 1.82) is 0 Å². The molecule has 3 nitrogen and oxygen atoms in total. The Labute approximate surface area is 95.0 Å². The molecule has 3 heteroatoms. The van der Waals surface area contributed by atoms with Crippen LogP contribution in [0.4, 0.5) is 0 Å². The van der Waals surface area contributed by atoms with Gasteiger partial charge in [0.15, 0.2) is 0 Å². The lowest BCUT2D eigenvalue weighted by molar-refractivity contribution is 0.107. The smallest absolute Gasteiger partial charge is 0.0589 e. The summed E-state index contributed by atoms with van der Waals surface area (Å²) in [7, 11) is 1.75. The van der Waals surface area contributed by atoms with Gasteiger partial charge in [0.2, 0.25) is 0 Å². The molecule has 0 fully saturated rings. The van der Waals surface area contributed by atoms with E-state index in [1.54, 1.807) is 7.11 Å². The van der Waals surface area contributed by atoms with Gasteiger partial charge in [0.25, 0.3) is 0 Å². The molecule has 0 bridgehead atoms. The normalized spacial score (nSPS) is 14.6. The average molecular weight is 216 g/mol. The Morgan fingerprint density at radius 1 is 1.33 bits per heavy atom. The summed E-state index contributed by atoms with van der Waals surface area (Å²) < 4.78 is 5.12. The van der Waals surface area contributed by atoms with Crippen LogP contribution >= 0.6 is 0 Å². The van der Waals surface area contributed by atoms with E-state index < -0.39 is 0 Å². The minimum atomic E-state index is 0.338. The molecular weight excluding hydrogens is 188 g/mol. The minimum absolute atomic E-state index is 0.338. The lowest BCUT2D eigenvalue weighted by Crippen LogP contribution is -2.44. The molecule has 0 radical (unpaired) electrons. The number of nitrogens with two attached hydrogens (primary N) is 1. The third kappa shape index (κ3) is 6.88. The zero-order valence-corrected chi connectivity index (χ0v) is 11.0. The maximum absolute atomic E-state index is 5.85. The van der Waals surface area contributed by atoms with Crippen molar-refractivity contribution in [3.8, 4) is 0 Å². The molecule has 0 rings (SSSR count). The van der Waals surface area contributed by atoms with Crippen LogP contribution in [0, 0.1) is 5.41 Å². The molecule has 0 aromatic carbocycles. The quantitative estimate of drug-likeness (QED) is 0.704. The Hall–Kier alpha value is -0.120. The number of rotatable bonds is 7. The summed E-state index contributed by atoms with van der Waals surface area (Å²) in [5.74, 6) is 0. The van der Waals surface area contributed by atoms with Crippen LogP contribution in [0.5, 0.6) is 0 Å². The molecule has 0 aliphatic heterocycles. The summed E-state index contributed by atoms with van der Waals surface area (Å²) in [4.78, 5) is 2.41. The molecule has 0 aromatic heterocycles. The van der Waals surface area contributed by atoms with Gasteiger partial charge in [0.1, 0.15) is 0 Å². The molecule has 1 unspecified atom stereocenters. The Bertz CT molecular complexity index is 154. The van der Waals surface area contributed by atoms with Crippen molar-refractivity contribution in [3.05, 3.63) is 0 Å². The maximum Gasteiger partial charge on any atom is 0.0589 e. The van der Waals surface area contributed by atoms with Gasteiger partial charge in [0, 0.05) is 26.2 Å². The fourth-order valence-corrected chi connectivity index (χ4v) is 1.88. The largest absolute Gasteiger partial charge is 0.383 e. The number of likely N-dealkylation sites (N-methyl/N-ethyl adjacent to an activating group) is 1. The van der Waals surface area contributed by atoms with Crippen LogP contribution in [0.3, 0.4) is 0 Å². The van der Waals surface area contributed by atoms with Crippen molar-refractivity contribution >= 4 is 0 Å². The van der Waals surface area contributed by atoms with Gasteiger partial charge in [-0.15, -0.1) is 0 Å². The second-order valence-electron chi connectivity index (χ2n) is 5.28. The Kier molecular flexibility index (Phi) is 7.14. The molecule has 2 N–H and O–H groups in total. The summed E-state index contributed by atoms with van der Waals surface area (Å²) in [5, 5.41) is 0. The first-order valence-electron chi connectivity index (χ1n) is 5.87. The van der Waals surface area contributed by atoms with E-state index in [4.69, 9.17) is 10.5 Å². The van der Waals surface area contributed by atoms with E-state index in [1.165, 1.54) is 0 Å². The molecule has 0 saturated heterocycles. The van der Waals surface area contributed by atoms with Crippen LogP contribution in [-0.2, 0) is 4.74 Å². The van der Waals surface area contributed by atoms with Crippen LogP contribution in [0.15, 0.2) is 0 Å². The van der Waals surface area contributed by atoms with Crippen LogP contribution in [0.25, 0.3) is 0 Å². The number of methoxy groups -OCH3 is 1. The van der Waals surface area contributed by atoms with Gasteiger partial charge >= 0.3 is 0 Å². The van der Waals surface area contributed by atoms with Crippen LogP contribution in [0.2, 0.25) is 0 Å². The Morgan fingerprint density at radius 2 is 1.93 bits per heavy atom. The predicted octanol–water partition coefficient (Wildman–Crippen LogP) is 1.72. The molecule has 0 amide bonds. The molecule has 0 heterocycles. The standard InChI is InChI=1S/C12H28N2O/c1-6-14(7-8-15-5)11(10-13)9-12(2,3)4/h11H,6-10,13H2,1-5H3. The fourth-order valence-electron chi connectivity index (χ4n) is 1.88. The first-order chi connectivity index (χ1) is 6.94. The van der Waals surface area contributed by atoms with E-state index in [0.717, 1.165) is 32.7 Å². The van der Waals surface area contributed by atoms with E-state index in [9.17, 15) is 0 Å². The van der Waals surface area contributed by atoms with Crippen molar-refractivity contribution in [3.63, 3.8) is 0 Å². The second-order valence-corrected chi connectivity index (χ2v) is 5.28. The molecule has 0 saturated carbocycles. The van der Waals surface area contributed by atoms with Crippen molar-refractivity contribution in [1.82, 2.24) is 4.90 Å². The van der Waals surface area contributed by atoms with E-state index in [-0.39, 0.29) is 0 Å². The third-order valence-electron chi connectivity index (χ3n) is 2.63. The van der Waals surface area contributed by atoms with Gasteiger partial charge in [-0.3, -0.25) is 4.90 Å². The highest BCUT2D eigenvalue weighted by Crippen LogP contribution is 2.22. The zero-order chi connectivity index (χ0) is 11.9. The summed E-state index contributed by atoms with van der Waals surface area (Å²) in [6.07, 6.45) is 1.14. The van der Waals surface area contributed by atoms with Gasteiger partial charge in [-0.2, -0.15) is 0 Å². The highest BCUT2D eigenvalue weighted by molar-refractivity contribution is 4.77. The monoisotopic (exact) mass is 216 g/mol. The van der Waals surface area contributed by atoms with Crippen LogP contribution in [0.1, 0.15) is 34.1 Å². The highest BCUT2D eigenvalue weighted by atomic mass is 16.5. The molecular formula is C12H28N2O. The van der Waals surface area contributed by atoms with E-state index in [2.05, 4.69) is 32.6 Å². The molecule has 0 aliphatic carbocycles. The summed E-state index contributed by atoms with van der Waals surface area (Å²) in [6.45, 7) is 12.5. The zero-order valence-electron chi connectivity index (χ0n) is 11.0. The lowest BCUT2D eigenvalue weighted by Gasteiger charge is -2.34. The third-order valence-corrected chi connectivity index (χ3v) is 2.63. The molecule has 0 aliphatic rings. The SMILES string of the molecule is CCN(CCOC)C(CN)CC(C)(C)C. The molecule has 0 spiro atoms.